The van der Waals surface area contributed by atoms with Crippen LogP contribution in [0, 0.1) is 5.92 Å². The molecule has 0 atom stereocenters. The summed E-state index contributed by atoms with van der Waals surface area (Å²) in [6, 6.07) is 21.7. The molecule has 3 aromatic rings. The number of carbonyl (C=O) groups excluding carboxylic acids is 1. The fraction of sp³-hybridized carbons (Fsp3) is 0.269. The van der Waals surface area contributed by atoms with Gasteiger partial charge in [0.1, 0.15) is 6.61 Å². The van der Waals surface area contributed by atoms with Crippen molar-refractivity contribution in [2.75, 3.05) is 17.7 Å². The number of halogens is 1. The Morgan fingerprint density at radius 3 is 2.47 bits per heavy atom. The van der Waals surface area contributed by atoms with E-state index < -0.39 is 0 Å². The highest BCUT2D eigenvalue weighted by atomic mass is 79.9. The third-order valence-corrected chi connectivity index (χ3v) is 5.22. The highest BCUT2D eigenvalue weighted by molar-refractivity contribution is 9.10. The van der Waals surface area contributed by atoms with Gasteiger partial charge in [0.25, 0.3) is 0 Å². The first kappa shape index (κ1) is 23.7. The second-order valence-corrected chi connectivity index (χ2v) is 8.87. The van der Waals surface area contributed by atoms with Gasteiger partial charge in [0.2, 0.25) is 5.91 Å². The highest BCUT2D eigenvalue weighted by Gasteiger charge is 2.14. The number of ether oxygens (including phenoxy) is 2. The molecule has 0 saturated carbocycles. The SMILES string of the molecule is COc1cc(Br)cc(CNc2cccc(NC(=O)CC(C)C)c2)c1OCc1ccccc1. The van der Waals surface area contributed by atoms with E-state index in [0.717, 1.165) is 27.0 Å². The summed E-state index contributed by atoms with van der Waals surface area (Å²) in [5.41, 5.74) is 3.72. The van der Waals surface area contributed by atoms with E-state index in [9.17, 15) is 4.79 Å². The van der Waals surface area contributed by atoms with Gasteiger partial charge in [-0.1, -0.05) is 66.2 Å². The lowest BCUT2D eigenvalue weighted by Gasteiger charge is -2.17. The minimum Gasteiger partial charge on any atom is -0.493 e. The highest BCUT2D eigenvalue weighted by Crippen LogP contribution is 2.36. The molecular formula is C26H29BrN2O3. The molecule has 0 spiro atoms. The molecule has 5 nitrogen and oxygen atoms in total. The number of carbonyl (C=O) groups is 1. The molecule has 0 aliphatic rings. The first-order valence-electron chi connectivity index (χ1n) is 10.6. The van der Waals surface area contributed by atoms with Crippen molar-refractivity contribution >= 4 is 33.2 Å². The summed E-state index contributed by atoms with van der Waals surface area (Å²) in [7, 11) is 1.64. The van der Waals surface area contributed by atoms with Crippen molar-refractivity contribution in [2.45, 2.75) is 33.4 Å². The molecular weight excluding hydrogens is 468 g/mol. The van der Waals surface area contributed by atoms with E-state index in [1.807, 2.05) is 80.6 Å². The van der Waals surface area contributed by atoms with Crippen LogP contribution in [0.3, 0.4) is 0 Å². The third kappa shape index (κ3) is 7.02. The van der Waals surface area contributed by atoms with Crippen LogP contribution in [0.2, 0.25) is 0 Å². The van der Waals surface area contributed by atoms with Gasteiger partial charge < -0.3 is 20.1 Å². The van der Waals surface area contributed by atoms with Crippen LogP contribution in [0.5, 0.6) is 11.5 Å². The van der Waals surface area contributed by atoms with E-state index >= 15 is 0 Å². The van der Waals surface area contributed by atoms with Gasteiger partial charge in [0, 0.05) is 34.4 Å². The van der Waals surface area contributed by atoms with E-state index in [4.69, 9.17) is 9.47 Å². The Labute approximate surface area is 198 Å². The number of rotatable bonds is 10. The normalized spacial score (nSPS) is 10.7. The molecule has 0 unspecified atom stereocenters. The lowest BCUT2D eigenvalue weighted by Crippen LogP contribution is -2.14. The molecule has 6 heteroatoms. The van der Waals surface area contributed by atoms with Gasteiger partial charge in [-0.05, 0) is 41.8 Å². The van der Waals surface area contributed by atoms with Gasteiger partial charge in [0.15, 0.2) is 11.5 Å². The lowest BCUT2D eigenvalue weighted by molar-refractivity contribution is -0.116. The predicted octanol–water partition coefficient (Wildman–Crippen LogP) is 6.63. The molecule has 3 rings (SSSR count). The molecule has 32 heavy (non-hydrogen) atoms. The van der Waals surface area contributed by atoms with Gasteiger partial charge in [-0.2, -0.15) is 0 Å². The Kier molecular flexibility index (Phi) is 8.56. The Hall–Kier alpha value is -2.99. The van der Waals surface area contributed by atoms with Crippen molar-refractivity contribution in [2.24, 2.45) is 5.92 Å². The maximum absolute atomic E-state index is 12.1. The topological polar surface area (TPSA) is 59.6 Å². The van der Waals surface area contributed by atoms with E-state index in [0.29, 0.717) is 37.0 Å². The lowest BCUT2D eigenvalue weighted by atomic mass is 10.1. The number of hydrogen-bond donors (Lipinski definition) is 2. The summed E-state index contributed by atoms with van der Waals surface area (Å²) in [5.74, 6) is 1.71. The molecule has 0 bridgehead atoms. The molecule has 1 amide bonds. The molecule has 0 radical (unpaired) electrons. The third-order valence-electron chi connectivity index (χ3n) is 4.77. The van der Waals surface area contributed by atoms with Crippen molar-refractivity contribution in [3.63, 3.8) is 0 Å². The molecule has 0 aliphatic heterocycles. The van der Waals surface area contributed by atoms with Gasteiger partial charge >= 0.3 is 0 Å². The van der Waals surface area contributed by atoms with Crippen LogP contribution in [0.15, 0.2) is 71.2 Å². The average Bonchev–Trinajstić information content (AvgIpc) is 2.76. The minimum atomic E-state index is 0.0190. The summed E-state index contributed by atoms with van der Waals surface area (Å²) in [6.07, 6.45) is 0.498. The van der Waals surface area contributed by atoms with Crippen LogP contribution in [-0.4, -0.2) is 13.0 Å². The van der Waals surface area contributed by atoms with Crippen LogP contribution in [0.1, 0.15) is 31.4 Å². The van der Waals surface area contributed by atoms with E-state index in [2.05, 4.69) is 26.6 Å². The standard InChI is InChI=1S/C26H29BrN2O3/c1-18(2)12-25(30)29-23-11-7-10-22(15-23)28-16-20-13-21(27)14-24(31-3)26(20)32-17-19-8-5-4-6-9-19/h4-11,13-15,18,28H,12,16-17H2,1-3H3,(H,29,30). The molecule has 0 heterocycles. The van der Waals surface area contributed by atoms with E-state index in [1.165, 1.54) is 0 Å². The van der Waals surface area contributed by atoms with Gasteiger partial charge in [-0.25, -0.2) is 0 Å². The van der Waals surface area contributed by atoms with Gasteiger partial charge in [0.05, 0.1) is 7.11 Å². The zero-order valence-corrected chi connectivity index (χ0v) is 20.2. The summed E-state index contributed by atoms with van der Waals surface area (Å²) in [4.78, 5) is 12.1. The van der Waals surface area contributed by atoms with Crippen molar-refractivity contribution < 1.29 is 14.3 Å². The molecule has 0 fully saturated rings. The average molecular weight is 497 g/mol. The number of amides is 1. The molecule has 0 aliphatic carbocycles. The maximum Gasteiger partial charge on any atom is 0.224 e. The molecule has 0 saturated heterocycles. The first-order chi connectivity index (χ1) is 15.4. The zero-order valence-electron chi connectivity index (χ0n) is 18.7. The van der Waals surface area contributed by atoms with Crippen molar-refractivity contribution in [1.82, 2.24) is 0 Å². The fourth-order valence-electron chi connectivity index (χ4n) is 3.29. The smallest absolute Gasteiger partial charge is 0.224 e. The number of nitrogens with one attached hydrogen (secondary N) is 2. The van der Waals surface area contributed by atoms with E-state index in [1.54, 1.807) is 7.11 Å². The maximum atomic E-state index is 12.1. The molecule has 168 valence electrons. The van der Waals surface area contributed by atoms with Gasteiger partial charge in [-0.3, -0.25) is 4.79 Å². The van der Waals surface area contributed by atoms with Crippen LogP contribution in [0.4, 0.5) is 11.4 Å². The van der Waals surface area contributed by atoms with Gasteiger partial charge in [-0.15, -0.1) is 0 Å². The Bertz CT molecular complexity index is 1040. The number of hydrogen-bond acceptors (Lipinski definition) is 4. The van der Waals surface area contributed by atoms with Crippen LogP contribution >= 0.6 is 15.9 Å². The van der Waals surface area contributed by atoms with Crippen molar-refractivity contribution in [3.05, 3.63) is 82.3 Å². The summed E-state index contributed by atoms with van der Waals surface area (Å²) < 4.78 is 12.6. The Morgan fingerprint density at radius 1 is 1.00 bits per heavy atom. The van der Waals surface area contributed by atoms with Crippen LogP contribution in [0.25, 0.3) is 0 Å². The zero-order chi connectivity index (χ0) is 22.9. The van der Waals surface area contributed by atoms with Crippen LogP contribution in [-0.2, 0) is 17.9 Å². The summed E-state index contributed by atoms with van der Waals surface area (Å²) >= 11 is 3.56. The Balaban J connectivity index is 1.73. The fourth-order valence-corrected chi connectivity index (χ4v) is 3.77. The summed E-state index contributed by atoms with van der Waals surface area (Å²) in [6.45, 7) is 5.04. The predicted molar refractivity (Wildman–Crippen MR) is 133 cm³/mol. The molecule has 3 aromatic carbocycles. The first-order valence-corrected chi connectivity index (χ1v) is 11.4. The number of benzene rings is 3. The summed E-state index contributed by atoms with van der Waals surface area (Å²) in [5, 5.41) is 6.38. The minimum absolute atomic E-state index is 0.0190. The molecule has 2 N–H and O–H groups in total. The van der Waals surface area contributed by atoms with Crippen LogP contribution < -0.4 is 20.1 Å². The second-order valence-electron chi connectivity index (χ2n) is 7.95. The van der Waals surface area contributed by atoms with Crippen molar-refractivity contribution in [3.8, 4) is 11.5 Å². The largest absolute Gasteiger partial charge is 0.493 e. The Morgan fingerprint density at radius 2 is 1.75 bits per heavy atom. The monoisotopic (exact) mass is 496 g/mol. The second kappa shape index (κ2) is 11.6. The number of methoxy groups -OCH3 is 1. The van der Waals surface area contributed by atoms with E-state index in [-0.39, 0.29) is 5.91 Å². The molecule has 0 aromatic heterocycles. The quantitative estimate of drug-likeness (QED) is 0.330. The number of anilines is 2. The van der Waals surface area contributed by atoms with Crippen molar-refractivity contribution in [1.29, 1.82) is 0 Å².